The van der Waals surface area contributed by atoms with Crippen LogP contribution in [0.4, 0.5) is 0 Å². The molecule has 0 spiro atoms. The van der Waals surface area contributed by atoms with Crippen LogP contribution in [0.2, 0.25) is 0 Å². The van der Waals surface area contributed by atoms with Crippen LogP contribution in [0.1, 0.15) is 13.8 Å². The largest absolute Gasteiger partial charge is 0.376 e. The van der Waals surface area contributed by atoms with Crippen molar-refractivity contribution in [1.29, 1.82) is 0 Å². The van der Waals surface area contributed by atoms with Crippen molar-refractivity contribution in [3.63, 3.8) is 0 Å². The zero-order valence-corrected chi connectivity index (χ0v) is 7.42. The first-order valence-corrected chi connectivity index (χ1v) is 3.58. The van der Waals surface area contributed by atoms with E-state index in [0.29, 0.717) is 0 Å². The average Bonchev–Trinajstić information content (AvgIpc) is 1.87. The summed E-state index contributed by atoms with van der Waals surface area (Å²) in [5.74, 6) is 0.112. The number of hydrogen-bond donors (Lipinski definition) is 0. The van der Waals surface area contributed by atoms with Crippen LogP contribution in [0.25, 0.3) is 0 Å². The number of rotatable bonds is 4. The van der Waals surface area contributed by atoms with Crippen LogP contribution in [0.5, 0.6) is 0 Å². The van der Waals surface area contributed by atoms with Gasteiger partial charge in [-0.2, -0.15) is 0 Å². The minimum atomic E-state index is 0.112. The fraction of sp³-hybridized carbons (Fsp3) is 0.444. The quantitative estimate of drug-likeness (QED) is 0.451. The van der Waals surface area contributed by atoms with Crippen molar-refractivity contribution in [2.24, 2.45) is 0 Å². The molecule has 62 valence electrons. The van der Waals surface area contributed by atoms with Gasteiger partial charge in [0.2, 0.25) is 0 Å². The van der Waals surface area contributed by atoms with Crippen LogP contribution in [-0.4, -0.2) is 24.3 Å². The summed E-state index contributed by atoms with van der Waals surface area (Å²) in [4.78, 5) is 12.7. The van der Waals surface area contributed by atoms with Crippen molar-refractivity contribution in [3.8, 4) is 0 Å². The van der Waals surface area contributed by atoms with Gasteiger partial charge in [-0.1, -0.05) is 6.08 Å². The van der Waals surface area contributed by atoms with Gasteiger partial charge in [0.1, 0.15) is 0 Å². The molecule has 0 atom stereocenters. The molecule has 0 aromatic carbocycles. The standard InChI is InChI=1S/C9H15NO/c1-5-6-10(4)7-8(2)9(3)11/h5,7H,1,6H2,2-4H3/b8-7+. The number of ketones is 1. The molecule has 0 aliphatic rings. The van der Waals surface area contributed by atoms with E-state index >= 15 is 0 Å². The van der Waals surface area contributed by atoms with E-state index in [1.165, 1.54) is 0 Å². The summed E-state index contributed by atoms with van der Waals surface area (Å²) in [5, 5.41) is 0. The zero-order valence-electron chi connectivity index (χ0n) is 7.42. The van der Waals surface area contributed by atoms with Crippen LogP contribution >= 0.6 is 0 Å². The molecule has 0 saturated heterocycles. The fourth-order valence-electron chi connectivity index (χ4n) is 0.678. The number of allylic oxidation sites excluding steroid dienone is 1. The molecule has 0 amide bonds. The zero-order chi connectivity index (χ0) is 8.85. The van der Waals surface area contributed by atoms with Gasteiger partial charge in [0.05, 0.1) is 0 Å². The molecule has 0 N–H and O–H groups in total. The lowest BCUT2D eigenvalue weighted by Gasteiger charge is -2.11. The van der Waals surface area contributed by atoms with E-state index in [4.69, 9.17) is 0 Å². The molecule has 0 radical (unpaired) electrons. The van der Waals surface area contributed by atoms with Gasteiger partial charge < -0.3 is 4.90 Å². The summed E-state index contributed by atoms with van der Waals surface area (Å²) in [6.45, 7) is 7.74. The predicted molar refractivity (Wildman–Crippen MR) is 47.3 cm³/mol. The molecular formula is C9H15NO. The van der Waals surface area contributed by atoms with Crippen molar-refractivity contribution in [2.75, 3.05) is 13.6 Å². The van der Waals surface area contributed by atoms with E-state index in [0.717, 1.165) is 12.1 Å². The Kier molecular flexibility index (Phi) is 4.27. The third kappa shape index (κ3) is 4.37. The maximum absolute atomic E-state index is 10.8. The van der Waals surface area contributed by atoms with Crippen LogP contribution in [0.15, 0.2) is 24.4 Å². The molecule has 2 nitrogen and oxygen atoms in total. The highest BCUT2D eigenvalue weighted by Crippen LogP contribution is 1.96. The van der Waals surface area contributed by atoms with Gasteiger partial charge >= 0.3 is 0 Å². The normalized spacial score (nSPS) is 11.0. The lowest BCUT2D eigenvalue weighted by Crippen LogP contribution is -2.11. The van der Waals surface area contributed by atoms with Crippen molar-refractivity contribution in [2.45, 2.75) is 13.8 Å². The molecule has 0 heterocycles. The highest BCUT2D eigenvalue weighted by Gasteiger charge is 1.96. The first kappa shape index (κ1) is 9.95. The van der Waals surface area contributed by atoms with Crippen molar-refractivity contribution in [1.82, 2.24) is 4.90 Å². The second kappa shape index (κ2) is 4.72. The number of Topliss-reactive ketones (excluding diaryl/α,β-unsaturated/α-hetero) is 1. The Labute approximate surface area is 68.2 Å². The summed E-state index contributed by atoms with van der Waals surface area (Å²) >= 11 is 0. The average molecular weight is 153 g/mol. The number of carbonyl (C=O) groups is 1. The molecule has 0 aliphatic carbocycles. The van der Waals surface area contributed by atoms with Crippen LogP contribution < -0.4 is 0 Å². The molecule has 11 heavy (non-hydrogen) atoms. The lowest BCUT2D eigenvalue weighted by molar-refractivity contribution is -0.113. The van der Waals surface area contributed by atoms with Gasteiger partial charge in [0.15, 0.2) is 5.78 Å². The van der Waals surface area contributed by atoms with Crippen LogP contribution in [0.3, 0.4) is 0 Å². The summed E-state index contributed by atoms with van der Waals surface area (Å²) in [5.41, 5.74) is 0.773. The Hall–Kier alpha value is -1.05. The highest BCUT2D eigenvalue weighted by molar-refractivity contribution is 5.92. The van der Waals surface area contributed by atoms with Gasteiger partial charge in [0, 0.05) is 25.4 Å². The summed E-state index contributed by atoms with van der Waals surface area (Å²) in [6, 6.07) is 0. The summed E-state index contributed by atoms with van der Waals surface area (Å²) in [6.07, 6.45) is 3.62. The lowest BCUT2D eigenvalue weighted by atomic mass is 10.2. The third-order valence-corrected chi connectivity index (χ3v) is 1.39. The molecule has 0 aromatic heterocycles. The van der Waals surface area contributed by atoms with Gasteiger partial charge in [-0.25, -0.2) is 0 Å². The van der Waals surface area contributed by atoms with E-state index in [2.05, 4.69) is 6.58 Å². The maximum Gasteiger partial charge on any atom is 0.156 e. The van der Waals surface area contributed by atoms with Gasteiger partial charge in [-0.05, 0) is 13.8 Å². The van der Waals surface area contributed by atoms with Crippen LogP contribution in [-0.2, 0) is 4.79 Å². The van der Waals surface area contributed by atoms with E-state index in [9.17, 15) is 4.79 Å². The number of nitrogens with zero attached hydrogens (tertiary/aromatic N) is 1. The molecule has 0 aliphatic heterocycles. The SMILES string of the molecule is C=CCN(C)/C=C(\C)C(C)=O. The van der Waals surface area contributed by atoms with E-state index in [1.54, 1.807) is 13.0 Å². The topological polar surface area (TPSA) is 20.3 Å². The van der Waals surface area contributed by atoms with Crippen LogP contribution in [0, 0.1) is 0 Å². The number of hydrogen-bond acceptors (Lipinski definition) is 2. The van der Waals surface area contributed by atoms with E-state index in [-0.39, 0.29) is 5.78 Å². The van der Waals surface area contributed by atoms with Gasteiger partial charge in [-0.3, -0.25) is 4.79 Å². The maximum atomic E-state index is 10.8. The first-order chi connectivity index (χ1) is 5.07. The molecule has 0 unspecified atom stereocenters. The minimum absolute atomic E-state index is 0.112. The van der Waals surface area contributed by atoms with Gasteiger partial charge in [0.25, 0.3) is 0 Å². The minimum Gasteiger partial charge on any atom is -0.376 e. The Morgan fingerprint density at radius 2 is 2.09 bits per heavy atom. The smallest absolute Gasteiger partial charge is 0.156 e. The highest BCUT2D eigenvalue weighted by atomic mass is 16.1. The molecule has 0 fully saturated rings. The van der Waals surface area contributed by atoms with E-state index in [1.807, 2.05) is 25.1 Å². The molecule has 0 saturated carbocycles. The van der Waals surface area contributed by atoms with Crippen molar-refractivity contribution < 1.29 is 4.79 Å². The Bertz CT molecular complexity index is 182. The molecule has 0 rings (SSSR count). The van der Waals surface area contributed by atoms with Gasteiger partial charge in [-0.15, -0.1) is 6.58 Å². The Morgan fingerprint density at radius 3 is 2.45 bits per heavy atom. The fourth-order valence-corrected chi connectivity index (χ4v) is 0.678. The second-order valence-electron chi connectivity index (χ2n) is 2.60. The predicted octanol–water partition coefficient (Wildman–Crippen LogP) is 1.60. The molecule has 0 bridgehead atoms. The molecule has 0 aromatic rings. The number of carbonyl (C=O) groups excluding carboxylic acids is 1. The summed E-state index contributed by atoms with van der Waals surface area (Å²) in [7, 11) is 1.91. The number of likely N-dealkylation sites (N-methyl/N-ethyl adjacent to an activating group) is 1. The Morgan fingerprint density at radius 1 is 1.55 bits per heavy atom. The first-order valence-electron chi connectivity index (χ1n) is 3.58. The Balaban J connectivity index is 4.06. The molecular weight excluding hydrogens is 138 g/mol. The monoisotopic (exact) mass is 153 g/mol. The van der Waals surface area contributed by atoms with Crippen molar-refractivity contribution >= 4 is 5.78 Å². The van der Waals surface area contributed by atoms with Crippen molar-refractivity contribution in [3.05, 3.63) is 24.4 Å². The molecule has 2 heteroatoms. The summed E-state index contributed by atoms with van der Waals surface area (Å²) < 4.78 is 0. The second-order valence-corrected chi connectivity index (χ2v) is 2.60. The third-order valence-electron chi connectivity index (χ3n) is 1.39. The van der Waals surface area contributed by atoms with E-state index < -0.39 is 0 Å².